The molecule has 2 saturated carbocycles. The number of hydrogen-bond acceptors (Lipinski definition) is 3. The van der Waals surface area contributed by atoms with Gasteiger partial charge in [0.1, 0.15) is 5.69 Å². The second-order valence-electron chi connectivity index (χ2n) is 7.17. The van der Waals surface area contributed by atoms with Crippen LogP contribution in [0.4, 0.5) is 0 Å². The van der Waals surface area contributed by atoms with Gasteiger partial charge in [-0.1, -0.05) is 19.3 Å². The summed E-state index contributed by atoms with van der Waals surface area (Å²) < 4.78 is 7.95. The van der Waals surface area contributed by atoms with E-state index in [4.69, 9.17) is 4.74 Å². The number of imidazole rings is 1. The molecule has 2 fully saturated rings. The number of ether oxygens (including phenoxy) is 1. The first-order valence-electron chi connectivity index (χ1n) is 9.13. The molecule has 0 atom stereocenters. The van der Waals surface area contributed by atoms with Crippen molar-refractivity contribution in [2.24, 2.45) is 5.92 Å². The molecule has 4 rings (SSSR count). The van der Waals surface area contributed by atoms with E-state index in [0.717, 1.165) is 36.5 Å². The predicted molar refractivity (Wildman–Crippen MR) is 92.5 cm³/mol. The van der Waals surface area contributed by atoms with Gasteiger partial charge in [-0.25, -0.2) is 4.98 Å². The van der Waals surface area contributed by atoms with Gasteiger partial charge in [0, 0.05) is 12.2 Å². The number of aromatic nitrogens is 2. The number of rotatable bonds is 5. The second-order valence-corrected chi connectivity index (χ2v) is 7.17. The molecule has 0 radical (unpaired) electrons. The van der Waals surface area contributed by atoms with Crippen molar-refractivity contribution >= 4 is 11.6 Å². The molecule has 0 unspecified atom stereocenters. The molecule has 128 valence electrons. The number of nitrogens with one attached hydrogen (secondary N) is 1. The molecule has 0 bridgehead atoms. The summed E-state index contributed by atoms with van der Waals surface area (Å²) >= 11 is 0. The second kappa shape index (κ2) is 6.46. The van der Waals surface area contributed by atoms with Gasteiger partial charge in [0.15, 0.2) is 11.4 Å². The first-order chi connectivity index (χ1) is 11.7. The smallest absolute Gasteiger partial charge is 0.270 e. The minimum Gasteiger partial charge on any atom is -0.489 e. The van der Waals surface area contributed by atoms with Crippen LogP contribution in [-0.4, -0.2) is 27.9 Å². The third-order valence-corrected chi connectivity index (χ3v) is 5.12. The molecule has 0 aliphatic heterocycles. The SMILES string of the molecule is Cc1nc2c(OCC3CCCCC3)cccn2c1C(=O)NC1CC1. The molecule has 1 amide bonds. The largest absolute Gasteiger partial charge is 0.489 e. The zero-order valence-electron chi connectivity index (χ0n) is 14.3. The van der Waals surface area contributed by atoms with E-state index < -0.39 is 0 Å². The molecule has 5 heteroatoms. The van der Waals surface area contributed by atoms with Crippen molar-refractivity contribution in [1.82, 2.24) is 14.7 Å². The first-order valence-corrected chi connectivity index (χ1v) is 9.13. The summed E-state index contributed by atoms with van der Waals surface area (Å²) in [6, 6.07) is 4.22. The van der Waals surface area contributed by atoms with Gasteiger partial charge in [-0.15, -0.1) is 0 Å². The molecular weight excluding hydrogens is 302 g/mol. The van der Waals surface area contributed by atoms with E-state index in [2.05, 4.69) is 10.3 Å². The number of pyridine rings is 1. The average Bonchev–Trinajstić information content (AvgIpc) is 3.33. The molecule has 5 nitrogen and oxygen atoms in total. The Bertz CT molecular complexity index is 742. The van der Waals surface area contributed by atoms with E-state index in [1.165, 1.54) is 32.1 Å². The van der Waals surface area contributed by atoms with Crippen molar-refractivity contribution in [3.63, 3.8) is 0 Å². The van der Waals surface area contributed by atoms with E-state index in [0.29, 0.717) is 17.7 Å². The highest BCUT2D eigenvalue weighted by atomic mass is 16.5. The number of hydrogen-bond donors (Lipinski definition) is 1. The van der Waals surface area contributed by atoms with E-state index in [-0.39, 0.29) is 5.91 Å². The molecule has 0 aromatic carbocycles. The Hall–Kier alpha value is -2.04. The number of nitrogens with zero attached hydrogens (tertiary/aromatic N) is 2. The average molecular weight is 327 g/mol. The number of aryl methyl sites for hydroxylation is 1. The first kappa shape index (κ1) is 15.5. The van der Waals surface area contributed by atoms with Gasteiger partial charge in [0.2, 0.25) is 0 Å². The van der Waals surface area contributed by atoms with Crippen molar-refractivity contribution in [1.29, 1.82) is 0 Å². The third kappa shape index (κ3) is 3.12. The van der Waals surface area contributed by atoms with Crippen LogP contribution in [0.3, 0.4) is 0 Å². The Morgan fingerprint density at radius 2 is 2.08 bits per heavy atom. The lowest BCUT2D eigenvalue weighted by Crippen LogP contribution is -2.27. The molecule has 2 aliphatic carbocycles. The topological polar surface area (TPSA) is 55.6 Å². The minimum atomic E-state index is -0.0352. The number of amides is 1. The Balaban J connectivity index is 1.56. The number of fused-ring (bicyclic) bond motifs is 1. The normalized spacial score (nSPS) is 18.7. The van der Waals surface area contributed by atoms with E-state index in [9.17, 15) is 4.79 Å². The van der Waals surface area contributed by atoms with Gasteiger partial charge < -0.3 is 10.1 Å². The summed E-state index contributed by atoms with van der Waals surface area (Å²) in [5.41, 5.74) is 2.12. The zero-order chi connectivity index (χ0) is 16.5. The fourth-order valence-corrected chi connectivity index (χ4v) is 3.59. The quantitative estimate of drug-likeness (QED) is 0.914. The summed E-state index contributed by atoms with van der Waals surface area (Å²) in [5, 5.41) is 3.05. The maximum atomic E-state index is 12.5. The van der Waals surface area contributed by atoms with Crippen LogP contribution in [0, 0.1) is 12.8 Å². The highest BCUT2D eigenvalue weighted by Crippen LogP contribution is 2.27. The Labute approximate surface area is 142 Å². The van der Waals surface area contributed by atoms with Crippen LogP contribution in [0.1, 0.15) is 61.1 Å². The fraction of sp³-hybridized carbons (Fsp3) is 0.579. The molecule has 2 aromatic heterocycles. The van der Waals surface area contributed by atoms with Gasteiger partial charge in [-0.2, -0.15) is 0 Å². The Morgan fingerprint density at radius 1 is 1.29 bits per heavy atom. The van der Waals surface area contributed by atoms with Crippen molar-refractivity contribution in [2.45, 2.75) is 57.9 Å². The molecule has 2 aliphatic rings. The standard InChI is InChI=1S/C19H25N3O2/c1-13-17(19(23)21-15-9-10-15)22-11-5-8-16(18(22)20-13)24-12-14-6-3-2-4-7-14/h5,8,11,14-15H,2-4,6-7,9-10,12H2,1H3,(H,21,23). The van der Waals surface area contributed by atoms with Crippen LogP contribution >= 0.6 is 0 Å². The lowest BCUT2D eigenvalue weighted by molar-refractivity contribution is 0.0944. The summed E-state index contributed by atoms with van der Waals surface area (Å²) in [6.07, 6.45) is 10.5. The van der Waals surface area contributed by atoms with Crippen LogP contribution in [0.25, 0.3) is 5.65 Å². The summed E-state index contributed by atoms with van der Waals surface area (Å²) in [4.78, 5) is 17.1. The molecule has 0 spiro atoms. The van der Waals surface area contributed by atoms with Crippen molar-refractivity contribution in [3.8, 4) is 5.75 Å². The lowest BCUT2D eigenvalue weighted by atomic mass is 9.90. The molecule has 24 heavy (non-hydrogen) atoms. The zero-order valence-corrected chi connectivity index (χ0v) is 14.3. The van der Waals surface area contributed by atoms with E-state index >= 15 is 0 Å². The van der Waals surface area contributed by atoms with Gasteiger partial charge in [-0.3, -0.25) is 9.20 Å². The minimum absolute atomic E-state index is 0.0352. The van der Waals surface area contributed by atoms with Crippen LogP contribution in [-0.2, 0) is 0 Å². The van der Waals surface area contributed by atoms with Crippen LogP contribution in [0.5, 0.6) is 5.75 Å². The van der Waals surface area contributed by atoms with Crippen LogP contribution in [0.2, 0.25) is 0 Å². The molecule has 1 N–H and O–H groups in total. The predicted octanol–water partition coefficient (Wildman–Crippen LogP) is 3.49. The summed E-state index contributed by atoms with van der Waals surface area (Å²) in [5.74, 6) is 1.39. The Kier molecular flexibility index (Phi) is 4.17. The third-order valence-electron chi connectivity index (χ3n) is 5.12. The van der Waals surface area contributed by atoms with Gasteiger partial charge in [-0.05, 0) is 50.7 Å². The molecular formula is C19H25N3O2. The Morgan fingerprint density at radius 3 is 2.83 bits per heavy atom. The summed E-state index contributed by atoms with van der Waals surface area (Å²) in [7, 11) is 0. The van der Waals surface area contributed by atoms with E-state index in [1.807, 2.05) is 29.7 Å². The van der Waals surface area contributed by atoms with Crippen molar-refractivity contribution in [2.75, 3.05) is 6.61 Å². The maximum absolute atomic E-state index is 12.5. The summed E-state index contributed by atoms with van der Waals surface area (Å²) in [6.45, 7) is 2.63. The highest BCUT2D eigenvalue weighted by Gasteiger charge is 2.27. The van der Waals surface area contributed by atoms with Crippen molar-refractivity contribution in [3.05, 3.63) is 29.7 Å². The van der Waals surface area contributed by atoms with Gasteiger partial charge in [0.25, 0.3) is 5.91 Å². The van der Waals surface area contributed by atoms with Gasteiger partial charge in [0.05, 0.1) is 12.3 Å². The lowest BCUT2D eigenvalue weighted by Gasteiger charge is -2.21. The number of carbonyl (C=O) groups excluding carboxylic acids is 1. The molecule has 0 saturated heterocycles. The fourth-order valence-electron chi connectivity index (χ4n) is 3.59. The number of carbonyl (C=O) groups is 1. The maximum Gasteiger partial charge on any atom is 0.270 e. The monoisotopic (exact) mass is 327 g/mol. The van der Waals surface area contributed by atoms with Crippen molar-refractivity contribution < 1.29 is 9.53 Å². The molecule has 2 heterocycles. The van der Waals surface area contributed by atoms with E-state index in [1.54, 1.807) is 0 Å². The molecule has 2 aromatic rings. The van der Waals surface area contributed by atoms with Crippen LogP contribution < -0.4 is 10.1 Å². The highest BCUT2D eigenvalue weighted by molar-refractivity contribution is 5.95. The van der Waals surface area contributed by atoms with Crippen LogP contribution in [0.15, 0.2) is 18.3 Å². The van der Waals surface area contributed by atoms with Gasteiger partial charge >= 0.3 is 0 Å².